The fraction of sp³-hybridized carbons (Fsp3) is 0.636. The maximum absolute atomic E-state index is 10.3. The predicted molar refractivity (Wildman–Crippen MR) is 55.5 cm³/mol. The monoisotopic (exact) mass is 208 g/mol. The van der Waals surface area contributed by atoms with Crippen LogP contribution in [0.4, 0.5) is 0 Å². The van der Waals surface area contributed by atoms with Crippen molar-refractivity contribution in [3.05, 3.63) is 18.1 Å². The van der Waals surface area contributed by atoms with Crippen molar-refractivity contribution in [2.24, 2.45) is 5.92 Å². The molecule has 1 fully saturated rings. The van der Waals surface area contributed by atoms with Crippen LogP contribution in [0.1, 0.15) is 31.9 Å². The highest BCUT2D eigenvalue weighted by Crippen LogP contribution is 2.41. The van der Waals surface area contributed by atoms with Gasteiger partial charge in [0, 0.05) is 12.4 Å². The van der Waals surface area contributed by atoms with E-state index in [1.165, 1.54) is 12.8 Å². The molecule has 1 N–H and O–H groups in total. The highest BCUT2D eigenvalue weighted by atomic mass is 16.5. The van der Waals surface area contributed by atoms with Gasteiger partial charge in [-0.25, -0.2) is 4.98 Å². The molecule has 0 aromatic carbocycles. The van der Waals surface area contributed by atoms with Crippen LogP contribution in [0.25, 0.3) is 0 Å². The smallest absolute Gasteiger partial charge is 0.238 e. The second-order valence-electron chi connectivity index (χ2n) is 4.34. The molecule has 1 aromatic heterocycles. The molecule has 2 rings (SSSR count). The van der Waals surface area contributed by atoms with Crippen LogP contribution in [-0.4, -0.2) is 22.2 Å². The van der Waals surface area contributed by atoms with Gasteiger partial charge in [-0.2, -0.15) is 0 Å². The molecule has 1 atom stereocenters. The van der Waals surface area contributed by atoms with E-state index in [-0.39, 0.29) is 0 Å². The average Bonchev–Trinajstić information content (AvgIpc) is 3.01. The summed E-state index contributed by atoms with van der Waals surface area (Å²) in [6.07, 6.45) is 6.30. The number of rotatable bonds is 4. The minimum atomic E-state index is -0.930. The quantitative estimate of drug-likeness (QED) is 0.814. The molecule has 0 spiro atoms. The summed E-state index contributed by atoms with van der Waals surface area (Å²) in [5.74, 6) is 1.05. The van der Waals surface area contributed by atoms with Crippen molar-refractivity contribution in [2.45, 2.75) is 31.8 Å². The fourth-order valence-corrected chi connectivity index (χ4v) is 1.82. The zero-order chi connectivity index (χ0) is 10.9. The largest absolute Gasteiger partial charge is 0.480 e. The van der Waals surface area contributed by atoms with E-state index in [2.05, 4.69) is 9.97 Å². The van der Waals surface area contributed by atoms with Crippen LogP contribution in [0.2, 0.25) is 0 Å². The summed E-state index contributed by atoms with van der Waals surface area (Å²) in [6, 6.07) is 0. The first kappa shape index (κ1) is 10.4. The molecule has 4 heteroatoms. The molecule has 1 aliphatic rings. The van der Waals surface area contributed by atoms with Gasteiger partial charge in [-0.05, 0) is 19.3 Å². The van der Waals surface area contributed by atoms with Crippen LogP contribution in [-0.2, 0) is 5.60 Å². The first-order chi connectivity index (χ1) is 7.13. The normalized spacial score (nSPS) is 19.7. The van der Waals surface area contributed by atoms with E-state index in [4.69, 9.17) is 4.74 Å². The third-order valence-corrected chi connectivity index (χ3v) is 2.75. The second kappa shape index (κ2) is 3.77. The molecular formula is C11H16N2O2. The topological polar surface area (TPSA) is 55.2 Å². The summed E-state index contributed by atoms with van der Waals surface area (Å²) in [4.78, 5) is 8.21. The van der Waals surface area contributed by atoms with Gasteiger partial charge in [0.1, 0.15) is 11.3 Å². The van der Waals surface area contributed by atoms with E-state index in [9.17, 15) is 5.11 Å². The first-order valence-corrected chi connectivity index (χ1v) is 5.21. The third kappa shape index (κ3) is 2.26. The lowest BCUT2D eigenvalue weighted by atomic mass is 9.95. The molecule has 1 unspecified atom stereocenters. The van der Waals surface area contributed by atoms with Crippen molar-refractivity contribution in [3.63, 3.8) is 0 Å². The molecule has 15 heavy (non-hydrogen) atoms. The standard InChI is InChI=1S/C11H16N2O2/c1-11(14,7-8-3-4-8)9-10(15-2)13-6-5-12-9/h5-6,8,14H,3-4,7H2,1-2H3. The Hall–Kier alpha value is -1.16. The van der Waals surface area contributed by atoms with Crippen LogP contribution in [0.3, 0.4) is 0 Å². The Morgan fingerprint density at radius 2 is 2.13 bits per heavy atom. The van der Waals surface area contributed by atoms with Crippen molar-refractivity contribution in [1.82, 2.24) is 9.97 Å². The van der Waals surface area contributed by atoms with Gasteiger partial charge in [0.25, 0.3) is 0 Å². The SMILES string of the molecule is COc1nccnc1C(C)(O)CC1CC1. The molecule has 0 bridgehead atoms. The van der Waals surface area contributed by atoms with Crippen LogP contribution >= 0.6 is 0 Å². The van der Waals surface area contributed by atoms with Gasteiger partial charge in [0.15, 0.2) is 0 Å². The van der Waals surface area contributed by atoms with Crippen molar-refractivity contribution in [3.8, 4) is 5.88 Å². The lowest BCUT2D eigenvalue weighted by Crippen LogP contribution is -2.24. The Labute approximate surface area is 89.3 Å². The first-order valence-electron chi connectivity index (χ1n) is 5.21. The molecule has 0 saturated heterocycles. The van der Waals surface area contributed by atoms with Gasteiger partial charge in [-0.15, -0.1) is 0 Å². The Morgan fingerprint density at radius 3 is 2.73 bits per heavy atom. The summed E-state index contributed by atoms with van der Waals surface area (Å²) >= 11 is 0. The number of aliphatic hydroxyl groups is 1. The summed E-state index contributed by atoms with van der Waals surface area (Å²) in [6.45, 7) is 1.78. The summed E-state index contributed by atoms with van der Waals surface area (Å²) < 4.78 is 5.10. The fourth-order valence-electron chi connectivity index (χ4n) is 1.82. The number of nitrogens with zero attached hydrogens (tertiary/aromatic N) is 2. The molecule has 0 radical (unpaired) electrons. The molecule has 1 saturated carbocycles. The van der Waals surface area contributed by atoms with E-state index < -0.39 is 5.60 Å². The minimum Gasteiger partial charge on any atom is -0.480 e. The van der Waals surface area contributed by atoms with Crippen LogP contribution in [0, 0.1) is 5.92 Å². The summed E-state index contributed by atoms with van der Waals surface area (Å²) in [7, 11) is 1.54. The molecule has 0 aliphatic heterocycles. The Kier molecular flexibility index (Phi) is 2.61. The van der Waals surface area contributed by atoms with E-state index >= 15 is 0 Å². The number of methoxy groups -OCH3 is 1. The number of hydrogen-bond donors (Lipinski definition) is 1. The lowest BCUT2D eigenvalue weighted by molar-refractivity contribution is 0.0340. The predicted octanol–water partition coefficient (Wildman–Crippen LogP) is 1.49. The van der Waals surface area contributed by atoms with Crippen LogP contribution < -0.4 is 4.74 Å². The minimum absolute atomic E-state index is 0.420. The van der Waals surface area contributed by atoms with Gasteiger partial charge >= 0.3 is 0 Å². The highest BCUT2D eigenvalue weighted by molar-refractivity contribution is 5.23. The highest BCUT2D eigenvalue weighted by Gasteiger charge is 2.36. The van der Waals surface area contributed by atoms with Crippen LogP contribution in [0.5, 0.6) is 5.88 Å². The number of hydrogen-bond acceptors (Lipinski definition) is 4. The zero-order valence-corrected chi connectivity index (χ0v) is 9.10. The molecule has 0 amide bonds. The maximum atomic E-state index is 10.3. The third-order valence-electron chi connectivity index (χ3n) is 2.75. The van der Waals surface area contributed by atoms with Crippen molar-refractivity contribution >= 4 is 0 Å². The van der Waals surface area contributed by atoms with E-state index in [0.717, 1.165) is 6.42 Å². The number of ether oxygens (including phenoxy) is 1. The number of aromatic nitrogens is 2. The van der Waals surface area contributed by atoms with Crippen molar-refractivity contribution in [2.75, 3.05) is 7.11 Å². The Morgan fingerprint density at radius 1 is 1.47 bits per heavy atom. The maximum Gasteiger partial charge on any atom is 0.238 e. The zero-order valence-electron chi connectivity index (χ0n) is 9.10. The summed E-state index contributed by atoms with van der Waals surface area (Å²) in [5.41, 5.74) is -0.389. The van der Waals surface area contributed by atoms with E-state index in [0.29, 0.717) is 17.5 Å². The summed E-state index contributed by atoms with van der Waals surface area (Å²) in [5, 5.41) is 10.3. The second-order valence-corrected chi connectivity index (χ2v) is 4.34. The van der Waals surface area contributed by atoms with Crippen LogP contribution in [0.15, 0.2) is 12.4 Å². The lowest BCUT2D eigenvalue weighted by Gasteiger charge is -2.23. The van der Waals surface area contributed by atoms with Crippen molar-refractivity contribution < 1.29 is 9.84 Å². The average molecular weight is 208 g/mol. The van der Waals surface area contributed by atoms with Gasteiger partial charge in [-0.1, -0.05) is 12.8 Å². The molecule has 4 nitrogen and oxygen atoms in total. The van der Waals surface area contributed by atoms with Gasteiger partial charge < -0.3 is 9.84 Å². The van der Waals surface area contributed by atoms with Crippen molar-refractivity contribution in [1.29, 1.82) is 0 Å². The van der Waals surface area contributed by atoms with Gasteiger partial charge in [0.05, 0.1) is 7.11 Å². The van der Waals surface area contributed by atoms with E-state index in [1.54, 1.807) is 26.4 Å². The molecule has 1 aromatic rings. The Balaban J connectivity index is 2.24. The molecule has 82 valence electrons. The van der Waals surface area contributed by atoms with E-state index in [1.807, 2.05) is 0 Å². The van der Waals surface area contributed by atoms with Gasteiger partial charge in [-0.3, -0.25) is 4.98 Å². The molecular weight excluding hydrogens is 192 g/mol. The Bertz CT molecular complexity index is 348. The molecule has 1 heterocycles. The molecule has 1 aliphatic carbocycles. The van der Waals surface area contributed by atoms with Gasteiger partial charge in [0.2, 0.25) is 5.88 Å².